The first kappa shape index (κ1) is 12.8. The van der Waals surface area contributed by atoms with Crippen LogP contribution in [0.15, 0.2) is 18.5 Å². The summed E-state index contributed by atoms with van der Waals surface area (Å²) in [6.07, 6.45) is 6.56. The van der Waals surface area contributed by atoms with Gasteiger partial charge in [-0.3, -0.25) is 9.78 Å². The van der Waals surface area contributed by atoms with Crippen molar-refractivity contribution in [1.29, 1.82) is 0 Å². The maximum Gasteiger partial charge on any atom is 0.252 e. The van der Waals surface area contributed by atoms with E-state index in [1.54, 1.807) is 19.5 Å². The fourth-order valence-corrected chi connectivity index (χ4v) is 1.63. The molecule has 0 bridgehead atoms. The van der Waals surface area contributed by atoms with E-state index in [-0.39, 0.29) is 5.91 Å². The van der Waals surface area contributed by atoms with Crippen LogP contribution in [0.25, 0.3) is 0 Å². The minimum Gasteiger partial charge on any atom is -0.385 e. The highest BCUT2D eigenvalue weighted by Crippen LogP contribution is 2.24. The van der Waals surface area contributed by atoms with Crippen molar-refractivity contribution in [3.05, 3.63) is 24.0 Å². The normalized spacial score (nSPS) is 14.3. The number of nitrogens with one attached hydrogen (secondary N) is 2. The highest BCUT2D eigenvalue weighted by molar-refractivity contribution is 5.94. The van der Waals surface area contributed by atoms with E-state index in [4.69, 9.17) is 4.74 Å². The Morgan fingerprint density at radius 1 is 1.50 bits per heavy atom. The Morgan fingerprint density at radius 3 is 3.06 bits per heavy atom. The van der Waals surface area contributed by atoms with Crippen LogP contribution in [0.4, 0.5) is 5.69 Å². The van der Waals surface area contributed by atoms with E-state index < -0.39 is 0 Å². The van der Waals surface area contributed by atoms with Gasteiger partial charge in [0.15, 0.2) is 0 Å². The van der Waals surface area contributed by atoms with Gasteiger partial charge in [0.2, 0.25) is 0 Å². The lowest BCUT2D eigenvalue weighted by Crippen LogP contribution is -2.25. The van der Waals surface area contributed by atoms with Crippen molar-refractivity contribution in [2.45, 2.75) is 25.3 Å². The van der Waals surface area contributed by atoms with Gasteiger partial charge in [-0.25, -0.2) is 0 Å². The molecule has 5 heteroatoms. The molecule has 1 aliphatic carbocycles. The molecule has 18 heavy (non-hydrogen) atoms. The van der Waals surface area contributed by atoms with E-state index in [0.717, 1.165) is 12.1 Å². The Labute approximate surface area is 107 Å². The molecule has 0 atom stereocenters. The minimum atomic E-state index is -0.0851. The summed E-state index contributed by atoms with van der Waals surface area (Å²) in [6.45, 7) is 1.27. The summed E-state index contributed by atoms with van der Waals surface area (Å²) in [7, 11) is 1.65. The van der Waals surface area contributed by atoms with Gasteiger partial charge in [-0.15, -0.1) is 0 Å². The van der Waals surface area contributed by atoms with E-state index in [2.05, 4.69) is 15.6 Å². The zero-order chi connectivity index (χ0) is 12.8. The fraction of sp³-hybridized carbons (Fsp3) is 0.538. The molecule has 2 N–H and O–H groups in total. The van der Waals surface area contributed by atoms with Crippen molar-refractivity contribution < 1.29 is 9.53 Å². The van der Waals surface area contributed by atoms with E-state index in [9.17, 15) is 4.79 Å². The number of anilines is 1. The number of carbonyl (C=O) groups is 1. The molecule has 0 aliphatic heterocycles. The van der Waals surface area contributed by atoms with Crippen LogP contribution in [0.1, 0.15) is 29.6 Å². The second-order valence-electron chi connectivity index (χ2n) is 4.48. The third-order valence-electron chi connectivity index (χ3n) is 2.76. The van der Waals surface area contributed by atoms with Crippen molar-refractivity contribution in [1.82, 2.24) is 10.3 Å². The van der Waals surface area contributed by atoms with Gasteiger partial charge in [0, 0.05) is 38.7 Å². The van der Waals surface area contributed by atoms with Crippen LogP contribution in [-0.4, -0.2) is 37.2 Å². The molecule has 1 aromatic rings. The van der Waals surface area contributed by atoms with Gasteiger partial charge >= 0.3 is 0 Å². The van der Waals surface area contributed by atoms with E-state index in [1.807, 2.05) is 6.07 Å². The number of ether oxygens (including phenoxy) is 1. The third-order valence-corrected chi connectivity index (χ3v) is 2.76. The SMILES string of the molecule is COCCCNC(=O)c1cncc(NC2CC2)c1. The van der Waals surface area contributed by atoms with Gasteiger partial charge in [-0.1, -0.05) is 0 Å². The lowest BCUT2D eigenvalue weighted by Gasteiger charge is -2.07. The quantitative estimate of drug-likeness (QED) is 0.717. The predicted octanol–water partition coefficient (Wildman–Crippen LogP) is 1.42. The van der Waals surface area contributed by atoms with Gasteiger partial charge < -0.3 is 15.4 Å². The average Bonchev–Trinajstić information content (AvgIpc) is 3.19. The average molecular weight is 249 g/mol. The number of amides is 1. The number of hydrogen-bond acceptors (Lipinski definition) is 4. The van der Waals surface area contributed by atoms with Gasteiger partial charge in [0.25, 0.3) is 5.91 Å². The fourth-order valence-electron chi connectivity index (χ4n) is 1.63. The largest absolute Gasteiger partial charge is 0.385 e. The first-order chi connectivity index (χ1) is 8.79. The number of rotatable bonds is 7. The van der Waals surface area contributed by atoms with Crippen LogP contribution < -0.4 is 10.6 Å². The lowest BCUT2D eigenvalue weighted by molar-refractivity contribution is 0.0948. The molecule has 0 spiro atoms. The molecule has 0 saturated heterocycles. The lowest BCUT2D eigenvalue weighted by atomic mass is 10.2. The molecule has 1 amide bonds. The monoisotopic (exact) mass is 249 g/mol. The Kier molecular flexibility index (Phi) is 4.52. The molecule has 1 saturated carbocycles. The number of pyridine rings is 1. The first-order valence-corrected chi connectivity index (χ1v) is 6.28. The Balaban J connectivity index is 1.84. The number of carbonyl (C=O) groups excluding carboxylic acids is 1. The molecule has 1 fully saturated rings. The predicted molar refractivity (Wildman–Crippen MR) is 69.7 cm³/mol. The minimum absolute atomic E-state index is 0.0851. The molecular formula is C13H19N3O2. The van der Waals surface area contributed by atoms with Crippen LogP contribution in [0, 0.1) is 0 Å². The molecule has 5 nitrogen and oxygen atoms in total. The Hall–Kier alpha value is -1.62. The van der Waals surface area contributed by atoms with Crippen molar-refractivity contribution in [2.75, 3.05) is 25.6 Å². The maximum absolute atomic E-state index is 11.8. The van der Waals surface area contributed by atoms with Gasteiger partial charge in [0.05, 0.1) is 11.3 Å². The molecule has 0 aromatic carbocycles. The number of aromatic nitrogens is 1. The molecular weight excluding hydrogens is 230 g/mol. The number of methoxy groups -OCH3 is 1. The second-order valence-corrected chi connectivity index (χ2v) is 4.48. The Bertz CT molecular complexity index is 405. The zero-order valence-corrected chi connectivity index (χ0v) is 10.6. The van der Waals surface area contributed by atoms with Crippen molar-refractivity contribution >= 4 is 11.6 Å². The maximum atomic E-state index is 11.8. The topological polar surface area (TPSA) is 63.2 Å². The van der Waals surface area contributed by atoms with Gasteiger partial charge in [0.1, 0.15) is 0 Å². The van der Waals surface area contributed by atoms with Crippen LogP contribution in [0.2, 0.25) is 0 Å². The summed E-state index contributed by atoms with van der Waals surface area (Å²) < 4.78 is 4.93. The smallest absolute Gasteiger partial charge is 0.252 e. The Morgan fingerprint density at radius 2 is 2.33 bits per heavy atom. The molecule has 1 heterocycles. The molecule has 1 aromatic heterocycles. The number of nitrogens with zero attached hydrogens (tertiary/aromatic N) is 1. The van der Waals surface area contributed by atoms with Gasteiger partial charge in [-0.2, -0.15) is 0 Å². The molecule has 0 unspecified atom stereocenters. The van der Waals surface area contributed by atoms with E-state index in [0.29, 0.717) is 24.8 Å². The standard InChI is InChI=1S/C13H19N3O2/c1-18-6-2-5-15-13(17)10-7-12(9-14-8-10)16-11-3-4-11/h7-9,11,16H,2-6H2,1H3,(H,15,17). The number of hydrogen-bond donors (Lipinski definition) is 2. The van der Waals surface area contributed by atoms with Crippen LogP contribution >= 0.6 is 0 Å². The summed E-state index contributed by atoms with van der Waals surface area (Å²) >= 11 is 0. The highest BCUT2D eigenvalue weighted by atomic mass is 16.5. The van der Waals surface area contributed by atoms with E-state index >= 15 is 0 Å². The van der Waals surface area contributed by atoms with Crippen molar-refractivity contribution in [3.63, 3.8) is 0 Å². The highest BCUT2D eigenvalue weighted by Gasteiger charge is 2.21. The summed E-state index contributed by atoms with van der Waals surface area (Å²) in [5, 5.41) is 6.17. The third kappa shape index (κ3) is 4.00. The summed E-state index contributed by atoms with van der Waals surface area (Å²) in [6, 6.07) is 2.41. The van der Waals surface area contributed by atoms with Crippen LogP contribution in [-0.2, 0) is 4.74 Å². The molecule has 0 radical (unpaired) electrons. The molecule has 1 aliphatic rings. The summed E-state index contributed by atoms with van der Waals surface area (Å²) in [4.78, 5) is 15.9. The van der Waals surface area contributed by atoms with Crippen LogP contribution in [0.3, 0.4) is 0 Å². The summed E-state index contributed by atoms with van der Waals surface area (Å²) in [5.74, 6) is -0.0851. The zero-order valence-electron chi connectivity index (χ0n) is 10.6. The second kappa shape index (κ2) is 6.35. The van der Waals surface area contributed by atoms with E-state index in [1.165, 1.54) is 12.8 Å². The van der Waals surface area contributed by atoms with Gasteiger partial charge in [-0.05, 0) is 25.3 Å². The van der Waals surface area contributed by atoms with Crippen molar-refractivity contribution in [3.8, 4) is 0 Å². The first-order valence-electron chi connectivity index (χ1n) is 6.28. The molecule has 98 valence electrons. The van der Waals surface area contributed by atoms with Crippen LogP contribution in [0.5, 0.6) is 0 Å². The van der Waals surface area contributed by atoms with Crippen molar-refractivity contribution in [2.24, 2.45) is 0 Å². The summed E-state index contributed by atoms with van der Waals surface area (Å²) in [5.41, 5.74) is 1.51. The molecule has 2 rings (SSSR count).